The van der Waals surface area contributed by atoms with Gasteiger partial charge in [-0.2, -0.15) is 0 Å². The van der Waals surface area contributed by atoms with Crippen LogP contribution in [0.5, 0.6) is 0 Å². The quantitative estimate of drug-likeness (QED) is 0.865. The monoisotopic (exact) mass is 331 g/mol. The van der Waals surface area contributed by atoms with Crippen molar-refractivity contribution in [3.8, 4) is 0 Å². The van der Waals surface area contributed by atoms with Crippen LogP contribution in [0.4, 0.5) is 0 Å². The molecule has 0 radical (unpaired) electrons. The van der Waals surface area contributed by atoms with Crippen molar-refractivity contribution in [1.82, 2.24) is 14.8 Å². The maximum absolute atomic E-state index is 12.6. The van der Waals surface area contributed by atoms with E-state index >= 15 is 0 Å². The fraction of sp³-hybridized carbons (Fsp3) is 0.471. The molecule has 6 heteroatoms. The number of aromatic nitrogens is 1. The molecular formula is C17H21N3O2S. The Bertz CT molecular complexity index is 707. The number of carbonyl (C=O) groups is 2. The van der Waals surface area contributed by atoms with Crippen molar-refractivity contribution in [3.05, 3.63) is 29.3 Å². The van der Waals surface area contributed by atoms with Crippen LogP contribution in [0.1, 0.15) is 25.3 Å². The van der Waals surface area contributed by atoms with Crippen molar-refractivity contribution in [2.45, 2.75) is 32.9 Å². The van der Waals surface area contributed by atoms with Gasteiger partial charge in [0.25, 0.3) is 0 Å². The Morgan fingerprint density at radius 2 is 2.17 bits per heavy atom. The molecule has 1 aliphatic rings. The van der Waals surface area contributed by atoms with E-state index in [-0.39, 0.29) is 23.8 Å². The van der Waals surface area contributed by atoms with Gasteiger partial charge in [0.2, 0.25) is 11.8 Å². The molecule has 23 heavy (non-hydrogen) atoms. The van der Waals surface area contributed by atoms with Gasteiger partial charge < -0.3 is 9.80 Å². The molecule has 1 atom stereocenters. The van der Waals surface area contributed by atoms with E-state index in [1.807, 2.05) is 38.1 Å². The normalized spacial score (nSPS) is 18.2. The van der Waals surface area contributed by atoms with Crippen LogP contribution in [-0.2, 0) is 16.1 Å². The summed E-state index contributed by atoms with van der Waals surface area (Å²) < 4.78 is 1.13. The largest absolute Gasteiger partial charge is 0.339 e. The van der Waals surface area contributed by atoms with Crippen LogP contribution < -0.4 is 0 Å². The van der Waals surface area contributed by atoms with Crippen LogP contribution in [0.25, 0.3) is 10.2 Å². The van der Waals surface area contributed by atoms with Gasteiger partial charge in [-0.05, 0) is 26.0 Å². The Morgan fingerprint density at radius 1 is 1.43 bits per heavy atom. The standard InChI is InChI=1S/C17H21N3O2S/c1-11(2)20-9-12(8-16(20)21)17(22)19(3)10-15-18-13-6-4-5-7-14(13)23-15/h4-7,11-12H,8-10H2,1-3H3. The summed E-state index contributed by atoms with van der Waals surface area (Å²) in [6.45, 7) is 4.98. The number of amides is 2. The van der Waals surface area contributed by atoms with E-state index in [0.29, 0.717) is 19.5 Å². The molecule has 0 saturated carbocycles. The van der Waals surface area contributed by atoms with Gasteiger partial charge in [-0.25, -0.2) is 4.98 Å². The summed E-state index contributed by atoms with van der Waals surface area (Å²) in [5.74, 6) is -0.128. The lowest BCUT2D eigenvalue weighted by Gasteiger charge is -2.22. The van der Waals surface area contributed by atoms with Crippen LogP contribution in [0.3, 0.4) is 0 Å². The highest BCUT2D eigenvalue weighted by Crippen LogP contribution is 2.25. The number of benzene rings is 1. The van der Waals surface area contributed by atoms with Crippen molar-refractivity contribution in [1.29, 1.82) is 0 Å². The van der Waals surface area contributed by atoms with Gasteiger partial charge in [-0.1, -0.05) is 12.1 Å². The molecule has 1 aromatic heterocycles. The second kappa shape index (κ2) is 6.28. The van der Waals surface area contributed by atoms with Gasteiger partial charge >= 0.3 is 0 Å². The first-order valence-electron chi connectivity index (χ1n) is 7.84. The molecule has 122 valence electrons. The van der Waals surface area contributed by atoms with Gasteiger partial charge in [0.15, 0.2) is 0 Å². The molecule has 1 aromatic carbocycles. The average molecular weight is 331 g/mol. The van der Waals surface area contributed by atoms with Crippen LogP contribution in [0.15, 0.2) is 24.3 Å². The molecule has 0 bridgehead atoms. The molecule has 0 spiro atoms. The smallest absolute Gasteiger partial charge is 0.228 e. The SMILES string of the molecule is CC(C)N1CC(C(=O)N(C)Cc2nc3ccccc3s2)CC1=O. The molecule has 1 aliphatic heterocycles. The van der Waals surface area contributed by atoms with Crippen LogP contribution in [-0.4, -0.2) is 46.2 Å². The van der Waals surface area contributed by atoms with E-state index in [2.05, 4.69) is 4.98 Å². The van der Waals surface area contributed by atoms with E-state index in [9.17, 15) is 9.59 Å². The fourth-order valence-electron chi connectivity index (χ4n) is 2.98. The molecule has 1 saturated heterocycles. The summed E-state index contributed by atoms with van der Waals surface area (Å²) in [6, 6.07) is 8.12. The number of thiazole rings is 1. The van der Waals surface area contributed by atoms with Crippen molar-refractivity contribution in [2.75, 3.05) is 13.6 Å². The van der Waals surface area contributed by atoms with Gasteiger partial charge in [-0.15, -0.1) is 11.3 Å². The second-order valence-corrected chi connectivity index (χ2v) is 7.43. The minimum Gasteiger partial charge on any atom is -0.339 e. The maximum Gasteiger partial charge on any atom is 0.228 e. The molecule has 5 nitrogen and oxygen atoms in total. The molecule has 2 heterocycles. The Balaban J connectivity index is 1.67. The van der Waals surface area contributed by atoms with Gasteiger partial charge in [0.1, 0.15) is 5.01 Å². The first-order chi connectivity index (χ1) is 11.0. The molecule has 2 aromatic rings. The number of rotatable bonds is 4. The van der Waals surface area contributed by atoms with Crippen LogP contribution in [0, 0.1) is 5.92 Å². The lowest BCUT2D eigenvalue weighted by atomic mass is 10.1. The molecule has 2 amide bonds. The van der Waals surface area contributed by atoms with Crippen molar-refractivity contribution in [2.24, 2.45) is 5.92 Å². The summed E-state index contributed by atoms with van der Waals surface area (Å²) in [4.78, 5) is 32.6. The lowest BCUT2D eigenvalue weighted by Crippen LogP contribution is -2.36. The Hall–Kier alpha value is -1.95. The zero-order valence-electron chi connectivity index (χ0n) is 13.7. The average Bonchev–Trinajstić information content (AvgIpc) is 3.09. The minimum absolute atomic E-state index is 0.0285. The van der Waals surface area contributed by atoms with E-state index in [1.165, 1.54) is 0 Å². The third-order valence-corrected chi connectivity index (χ3v) is 5.24. The summed E-state index contributed by atoms with van der Waals surface area (Å²) in [7, 11) is 1.79. The molecule has 0 N–H and O–H groups in total. The lowest BCUT2D eigenvalue weighted by molar-refractivity contribution is -0.135. The Morgan fingerprint density at radius 3 is 2.83 bits per heavy atom. The van der Waals surface area contributed by atoms with Gasteiger partial charge in [-0.3, -0.25) is 9.59 Å². The molecule has 3 rings (SSSR count). The number of hydrogen-bond acceptors (Lipinski definition) is 4. The minimum atomic E-state index is -0.232. The van der Waals surface area contributed by atoms with Crippen LogP contribution in [0.2, 0.25) is 0 Å². The first-order valence-corrected chi connectivity index (χ1v) is 8.66. The fourth-order valence-corrected chi connectivity index (χ4v) is 4.00. The number of likely N-dealkylation sites (tertiary alicyclic amines) is 1. The number of fused-ring (bicyclic) bond motifs is 1. The third kappa shape index (κ3) is 3.22. The molecule has 0 aliphatic carbocycles. The Labute approximate surface area is 139 Å². The van der Waals surface area contributed by atoms with E-state index in [1.54, 1.807) is 28.2 Å². The number of para-hydroxylation sites is 1. The summed E-state index contributed by atoms with van der Waals surface area (Å²) in [6.07, 6.45) is 0.321. The van der Waals surface area contributed by atoms with Crippen molar-refractivity contribution < 1.29 is 9.59 Å². The zero-order valence-corrected chi connectivity index (χ0v) is 14.5. The molecule has 1 fully saturated rings. The molecule has 1 unspecified atom stereocenters. The first kappa shape index (κ1) is 15.9. The zero-order chi connectivity index (χ0) is 16.6. The van der Waals surface area contributed by atoms with Gasteiger partial charge in [0.05, 0.1) is 22.7 Å². The summed E-state index contributed by atoms with van der Waals surface area (Å²) >= 11 is 1.61. The summed E-state index contributed by atoms with van der Waals surface area (Å²) in [5.41, 5.74) is 0.968. The Kier molecular flexibility index (Phi) is 4.35. The van der Waals surface area contributed by atoms with E-state index in [4.69, 9.17) is 0 Å². The highest BCUT2D eigenvalue weighted by Gasteiger charge is 2.36. The highest BCUT2D eigenvalue weighted by molar-refractivity contribution is 7.18. The van der Waals surface area contributed by atoms with Crippen molar-refractivity contribution >= 4 is 33.4 Å². The highest BCUT2D eigenvalue weighted by atomic mass is 32.1. The number of hydrogen-bond donors (Lipinski definition) is 0. The summed E-state index contributed by atoms with van der Waals surface area (Å²) in [5, 5.41) is 0.923. The van der Waals surface area contributed by atoms with Crippen molar-refractivity contribution in [3.63, 3.8) is 0 Å². The third-order valence-electron chi connectivity index (χ3n) is 4.22. The van der Waals surface area contributed by atoms with E-state index < -0.39 is 0 Å². The predicted molar refractivity (Wildman–Crippen MR) is 91.1 cm³/mol. The van der Waals surface area contributed by atoms with E-state index in [0.717, 1.165) is 15.2 Å². The molecular weight excluding hydrogens is 310 g/mol. The predicted octanol–water partition coefficient (Wildman–Crippen LogP) is 2.51. The number of nitrogens with zero attached hydrogens (tertiary/aromatic N) is 3. The van der Waals surface area contributed by atoms with Crippen LogP contribution >= 0.6 is 11.3 Å². The topological polar surface area (TPSA) is 53.5 Å². The maximum atomic E-state index is 12.6. The van der Waals surface area contributed by atoms with Gasteiger partial charge in [0, 0.05) is 26.1 Å². The number of carbonyl (C=O) groups excluding carboxylic acids is 2. The second-order valence-electron chi connectivity index (χ2n) is 6.31.